The zero-order valence-electron chi connectivity index (χ0n) is 11.2. The van der Waals surface area contributed by atoms with Crippen molar-refractivity contribution >= 4 is 50.7 Å². The first-order valence-corrected chi connectivity index (χ1v) is 8.25. The van der Waals surface area contributed by atoms with Gasteiger partial charge in [0.1, 0.15) is 11.5 Å². The Bertz CT molecular complexity index is 649. The number of ether oxygens (including phenoxy) is 1. The van der Waals surface area contributed by atoms with Crippen LogP contribution in [-0.4, -0.2) is 6.54 Å². The highest BCUT2D eigenvalue weighted by Gasteiger charge is 2.09. The lowest BCUT2D eigenvalue weighted by Crippen LogP contribution is -2.11. The van der Waals surface area contributed by atoms with Gasteiger partial charge < -0.3 is 10.1 Å². The zero-order valence-corrected chi connectivity index (χ0v) is 15.1. The molecular weight excluding hydrogens is 396 g/mol. The average molecular weight is 410 g/mol. The van der Waals surface area contributed by atoms with Crippen LogP contribution in [0.4, 0.5) is 0 Å². The molecule has 2 aromatic rings. The minimum absolute atomic E-state index is 0.471. The van der Waals surface area contributed by atoms with Gasteiger partial charge in [0.2, 0.25) is 0 Å². The van der Waals surface area contributed by atoms with E-state index in [1.165, 1.54) is 0 Å². The van der Waals surface area contributed by atoms with Crippen molar-refractivity contribution in [1.82, 2.24) is 5.32 Å². The number of rotatable bonds is 5. The van der Waals surface area contributed by atoms with Gasteiger partial charge in [-0.05, 0) is 46.2 Å². The SMILES string of the molecule is CCNCc1ccc(Oc2cc(Cl)c(Br)cc2Cl)cc1Cl. The van der Waals surface area contributed by atoms with Gasteiger partial charge in [-0.3, -0.25) is 0 Å². The molecule has 2 rings (SSSR count). The molecule has 2 nitrogen and oxygen atoms in total. The summed E-state index contributed by atoms with van der Waals surface area (Å²) in [5.74, 6) is 1.10. The van der Waals surface area contributed by atoms with E-state index in [1.807, 2.05) is 19.1 Å². The van der Waals surface area contributed by atoms with Crippen molar-refractivity contribution in [2.24, 2.45) is 0 Å². The zero-order chi connectivity index (χ0) is 15.4. The number of nitrogens with one attached hydrogen (secondary N) is 1. The minimum Gasteiger partial charge on any atom is -0.456 e. The van der Waals surface area contributed by atoms with E-state index >= 15 is 0 Å². The van der Waals surface area contributed by atoms with Crippen LogP contribution in [0.3, 0.4) is 0 Å². The molecule has 0 saturated carbocycles. The average Bonchev–Trinajstić information content (AvgIpc) is 2.44. The van der Waals surface area contributed by atoms with Gasteiger partial charge >= 0.3 is 0 Å². The van der Waals surface area contributed by atoms with E-state index in [-0.39, 0.29) is 0 Å². The van der Waals surface area contributed by atoms with E-state index in [1.54, 1.807) is 18.2 Å². The fourth-order valence-electron chi connectivity index (χ4n) is 1.70. The van der Waals surface area contributed by atoms with Crippen LogP contribution in [0.1, 0.15) is 12.5 Å². The first-order chi connectivity index (χ1) is 10.0. The highest BCUT2D eigenvalue weighted by molar-refractivity contribution is 9.10. The Morgan fingerprint density at radius 1 is 1.05 bits per heavy atom. The van der Waals surface area contributed by atoms with Gasteiger partial charge in [-0.1, -0.05) is 47.8 Å². The van der Waals surface area contributed by atoms with Gasteiger partial charge in [0.05, 0.1) is 10.0 Å². The van der Waals surface area contributed by atoms with Crippen LogP contribution in [0.15, 0.2) is 34.8 Å². The van der Waals surface area contributed by atoms with Crippen LogP contribution >= 0.6 is 50.7 Å². The molecule has 0 spiro atoms. The third kappa shape index (κ3) is 4.51. The summed E-state index contributed by atoms with van der Waals surface area (Å²) in [4.78, 5) is 0. The first-order valence-electron chi connectivity index (χ1n) is 6.32. The predicted molar refractivity (Wildman–Crippen MR) is 93.1 cm³/mol. The summed E-state index contributed by atoms with van der Waals surface area (Å²) >= 11 is 21.7. The quantitative estimate of drug-likeness (QED) is 0.584. The highest BCUT2D eigenvalue weighted by Crippen LogP contribution is 2.37. The van der Waals surface area contributed by atoms with Crippen molar-refractivity contribution in [2.75, 3.05) is 6.54 Å². The molecule has 0 atom stereocenters. The molecule has 0 aromatic heterocycles. The van der Waals surface area contributed by atoms with Crippen LogP contribution in [0.2, 0.25) is 15.1 Å². The van der Waals surface area contributed by atoms with E-state index < -0.39 is 0 Å². The maximum Gasteiger partial charge on any atom is 0.147 e. The largest absolute Gasteiger partial charge is 0.456 e. The molecule has 0 aliphatic carbocycles. The Morgan fingerprint density at radius 3 is 2.48 bits per heavy atom. The second-order valence-corrected chi connectivity index (χ2v) is 6.41. The van der Waals surface area contributed by atoms with Crippen LogP contribution < -0.4 is 10.1 Å². The summed E-state index contributed by atoms with van der Waals surface area (Å²) in [5, 5.41) is 4.88. The van der Waals surface area contributed by atoms with Crippen LogP contribution in [0, 0.1) is 0 Å². The molecule has 6 heteroatoms. The number of benzene rings is 2. The van der Waals surface area contributed by atoms with Crippen molar-refractivity contribution in [2.45, 2.75) is 13.5 Å². The summed E-state index contributed by atoms with van der Waals surface area (Å²) in [7, 11) is 0. The van der Waals surface area contributed by atoms with Gasteiger partial charge in [-0.2, -0.15) is 0 Å². The molecule has 2 aromatic carbocycles. The van der Waals surface area contributed by atoms with Crippen LogP contribution in [0.5, 0.6) is 11.5 Å². The Labute approximate surface area is 147 Å². The van der Waals surface area contributed by atoms with E-state index in [4.69, 9.17) is 39.5 Å². The predicted octanol–water partition coefficient (Wildman–Crippen LogP) is 6.31. The van der Waals surface area contributed by atoms with E-state index in [0.717, 1.165) is 23.1 Å². The van der Waals surface area contributed by atoms with Crippen molar-refractivity contribution in [3.05, 3.63) is 55.4 Å². The van der Waals surface area contributed by atoms with Gasteiger partial charge in [-0.25, -0.2) is 0 Å². The van der Waals surface area contributed by atoms with E-state index in [2.05, 4.69) is 21.2 Å². The normalized spacial score (nSPS) is 10.7. The van der Waals surface area contributed by atoms with Gasteiger partial charge in [-0.15, -0.1) is 0 Å². The lowest BCUT2D eigenvalue weighted by atomic mass is 10.2. The molecule has 0 aliphatic heterocycles. The van der Waals surface area contributed by atoms with Crippen molar-refractivity contribution in [3.8, 4) is 11.5 Å². The minimum atomic E-state index is 0.471. The Kier molecular flexibility index (Phi) is 6.20. The topological polar surface area (TPSA) is 21.3 Å². The molecule has 0 aliphatic rings. The summed E-state index contributed by atoms with van der Waals surface area (Å²) < 4.78 is 6.47. The van der Waals surface area contributed by atoms with Crippen molar-refractivity contribution < 1.29 is 4.74 Å². The summed E-state index contributed by atoms with van der Waals surface area (Å²) in [5.41, 5.74) is 1.02. The Morgan fingerprint density at radius 2 is 1.81 bits per heavy atom. The second-order valence-electron chi connectivity index (χ2n) is 4.33. The summed E-state index contributed by atoms with van der Waals surface area (Å²) in [6.07, 6.45) is 0. The highest BCUT2D eigenvalue weighted by atomic mass is 79.9. The third-order valence-electron chi connectivity index (χ3n) is 2.79. The van der Waals surface area contributed by atoms with Gasteiger partial charge in [0.25, 0.3) is 0 Å². The number of hydrogen-bond acceptors (Lipinski definition) is 2. The molecule has 0 unspecified atom stereocenters. The van der Waals surface area contributed by atoms with E-state index in [9.17, 15) is 0 Å². The molecule has 0 heterocycles. The molecule has 0 bridgehead atoms. The molecule has 0 fully saturated rings. The second kappa shape index (κ2) is 7.70. The first kappa shape index (κ1) is 16.9. The fourth-order valence-corrected chi connectivity index (χ4v) is 2.77. The molecular formula is C15H13BrCl3NO. The summed E-state index contributed by atoms with van der Waals surface area (Å²) in [6.45, 7) is 3.66. The van der Waals surface area contributed by atoms with Gasteiger partial charge in [0.15, 0.2) is 0 Å². The maximum atomic E-state index is 6.24. The van der Waals surface area contributed by atoms with Crippen molar-refractivity contribution in [1.29, 1.82) is 0 Å². The molecule has 0 radical (unpaired) electrons. The third-order valence-corrected chi connectivity index (χ3v) is 4.64. The Balaban J connectivity index is 2.20. The van der Waals surface area contributed by atoms with Crippen LogP contribution in [-0.2, 0) is 6.54 Å². The maximum absolute atomic E-state index is 6.24. The Hall–Kier alpha value is -0.450. The van der Waals surface area contributed by atoms with Gasteiger partial charge in [0, 0.05) is 22.1 Å². The van der Waals surface area contributed by atoms with E-state index in [0.29, 0.717) is 26.6 Å². The lowest BCUT2D eigenvalue weighted by molar-refractivity contribution is 0.482. The molecule has 0 saturated heterocycles. The summed E-state index contributed by atoms with van der Waals surface area (Å²) in [6, 6.07) is 8.90. The molecule has 112 valence electrons. The standard InChI is InChI=1S/C15H13BrCl3NO/c1-2-20-8-9-3-4-10(5-12(9)17)21-15-7-13(18)11(16)6-14(15)19/h3-7,20H,2,8H2,1H3. The van der Waals surface area contributed by atoms with Crippen LogP contribution in [0.25, 0.3) is 0 Å². The monoisotopic (exact) mass is 407 g/mol. The molecule has 1 N–H and O–H groups in total. The number of halogens is 4. The fraction of sp³-hybridized carbons (Fsp3) is 0.200. The molecule has 21 heavy (non-hydrogen) atoms. The lowest BCUT2D eigenvalue weighted by Gasteiger charge is -2.11. The molecule has 0 amide bonds. The van der Waals surface area contributed by atoms with Crippen molar-refractivity contribution in [3.63, 3.8) is 0 Å². The number of hydrogen-bond donors (Lipinski definition) is 1. The smallest absolute Gasteiger partial charge is 0.147 e.